The van der Waals surface area contributed by atoms with Crippen LogP contribution in [0.1, 0.15) is 43.0 Å². The lowest BCUT2D eigenvalue weighted by Crippen LogP contribution is -2.26. The number of nitrogens with zero attached hydrogens (tertiary/aromatic N) is 4. The van der Waals surface area contributed by atoms with Crippen molar-refractivity contribution < 1.29 is 13.9 Å². The summed E-state index contributed by atoms with van der Waals surface area (Å²) < 4.78 is 18.6. The molecule has 9 heteroatoms. The Hall–Kier alpha value is -3.26. The van der Waals surface area contributed by atoms with Crippen molar-refractivity contribution >= 4 is 35.0 Å². The standard InChI is InChI=1S/C24H25ClFN5O2/c1-2-33-23(32)17-11-16(13-27-14-17)19-15-28-24(29-18-7-8-21(26)20(25)12-18)30-22(19)31-9-5-3-4-6-10-31/h7-8,11-15H,2-6,9-10H2,1H3,(H,28,29,30). The van der Waals surface area contributed by atoms with Crippen LogP contribution in [-0.4, -0.2) is 40.6 Å². The van der Waals surface area contributed by atoms with Gasteiger partial charge in [-0.3, -0.25) is 4.98 Å². The summed E-state index contributed by atoms with van der Waals surface area (Å²) in [7, 11) is 0. The van der Waals surface area contributed by atoms with Crippen LogP contribution in [0.5, 0.6) is 0 Å². The fourth-order valence-corrected chi connectivity index (χ4v) is 3.96. The zero-order chi connectivity index (χ0) is 23.2. The second kappa shape index (κ2) is 10.6. The number of anilines is 3. The van der Waals surface area contributed by atoms with Gasteiger partial charge in [-0.1, -0.05) is 24.4 Å². The third-order valence-corrected chi connectivity index (χ3v) is 5.70. The molecule has 33 heavy (non-hydrogen) atoms. The molecule has 7 nitrogen and oxygen atoms in total. The SMILES string of the molecule is CCOC(=O)c1cncc(-c2cnc(Nc3ccc(F)c(Cl)c3)nc2N2CCCCCC2)c1. The van der Waals surface area contributed by atoms with E-state index >= 15 is 0 Å². The van der Waals surface area contributed by atoms with Crippen molar-refractivity contribution in [2.24, 2.45) is 0 Å². The summed E-state index contributed by atoms with van der Waals surface area (Å²) in [4.78, 5) is 28.0. The monoisotopic (exact) mass is 469 g/mol. The summed E-state index contributed by atoms with van der Waals surface area (Å²) in [5, 5.41) is 3.12. The summed E-state index contributed by atoms with van der Waals surface area (Å²) in [6.07, 6.45) is 9.39. The topological polar surface area (TPSA) is 80.2 Å². The van der Waals surface area contributed by atoms with Gasteiger partial charge in [-0.2, -0.15) is 4.98 Å². The van der Waals surface area contributed by atoms with E-state index in [9.17, 15) is 9.18 Å². The quantitative estimate of drug-likeness (QED) is 0.468. The number of rotatable bonds is 6. The largest absolute Gasteiger partial charge is 0.462 e. The van der Waals surface area contributed by atoms with Gasteiger partial charge in [-0.05, 0) is 44.0 Å². The summed E-state index contributed by atoms with van der Waals surface area (Å²) in [6.45, 7) is 3.80. The average molecular weight is 470 g/mol. The van der Waals surface area contributed by atoms with Gasteiger partial charge in [0.2, 0.25) is 5.95 Å². The zero-order valence-electron chi connectivity index (χ0n) is 18.4. The van der Waals surface area contributed by atoms with Crippen molar-refractivity contribution in [3.05, 3.63) is 59.3 Å². The Morgan fingerprint density at radius 2 is 1.94 bits per heavy atom. The number of carbonyl (C=O) groups is 1. The molecule has 0 bridgehead atoms. The lowest BCUT2D eigenvalue weighted by Gasteiger charge is -2.24. The average Bonchev–Trinajstić information content (AvgIpc) is 3.11. The van der Waals surface area contributed by atoms with Gasteiger partial charge in [0.1, 0.15) is 11.6 Å². The third-order valence-electron chi connectivity index (χ3n) is 5.41. The molecule has 0 radical (unpaired) electrons. The highest BCUT2D eigenvalue weighted by Gasteiger charge is 2.19. The molecule has 2 aromatic heterocycles. The molecule has 1 aliphatic heterocycles. The van der Waals surface area contributed by atoms with Crippen LogP contribution in [0.3, 0.4) is 0 Å². The Labute approximate surface area is 197 Å². The van der Waals surface area contributed by atoms with Crippen molar-refractivity contribution in [2.75, 3.05) is 29.9 Å². The van der Waals surface area contributed by atoms with E-state index < -0.39 is 11.8 Å². The van der Waals surface area contributed by atoms with Gasteiger partial charge in [0.15, 0.2) is 0 Å². The summed E-state index contributed by atoms with van der Waals surface area (Å²) in [6, 6.07) is 6.11. The first-order valence-corrected chi connectivity index (χ1v) is 11.4. The Balaban J connectivity index is 1.72. The van der Waals surface area contributed by atoms with Gasteiger partial charge in [0.05, 0.1) is 17.2 Å². The number of halogens is 2. The molecule has 0 aliphatic carbocycles. The van der Waals surface area contributed by atoms with Crippen molar-refractivity contribution in [3.63, 3.8) is 0 Å². The van der Waals surface area contributed by atoms with E-state index in [4.69, 9.17) is 21.3 Å². The fraction of sp³-hybridized carbons (Fsp3) is 0.333. The van der Waals surface area contributed by atoms with Crippen LogP contribution in [0, 0.1) is 5.82 Å². The van der Waals surface area contributed by atoms with E-state index in [-0.39, 0.29) is 5.02 Å². The highest BCUT2D eigenvalue weighted by Crippen LogP contribution is 2.32. The van der Waals surface area contributed by atoms with E-state index in [2.05, 4.69) is 20.2 Å². The molecule has 1 saturated heterocycles. The first-order chi connectivity index (χ1) is 16.0. The Kier molecular flexibility index (Phi) is 7.34. The highest BCUT2D eigenvalue weighted by molar-refractivity contribution is 6.31. The van der Waals surface area contributed by atoms with E-state index in [1.54, 1.807) is 31.5 Å². The predicted octanol–water partition coefficient (Wildman–Crippen LogP) is 5.63. The number of benzene rings is 1. The second-order valence-corrected chi connectivity index (χ2v) is 8.18. The van der Waals surface area contributed by atoms with Crippen LogP contribution in [0.15, 0.2) is 42.9 Å². The molecule has 3 aromatic rings. The number of carbonyl (C=O) groups excluding carboxylic acids is 1. The van der Waals surface area contributed by atoms with Gasteiger partial charge < -0.3 is 15.0 Å². The maximum Gasteiger partial charge on any atom is 0.339 e. The molecule has 1 aromatic carbocycles. The molecular formula is C24H25ClFN5O2. The molecule has 1 fully saturated rings. The van der Waals surface area contributed by atoms with Crippen LogP contribution < -0.4 is 10.2 Å². The minimum atomic E-state index is -0.488. The fourth-order valence-electron chi connectivity index (χ4n) is 3.78. The van der Waals surface area contributed by atoms with Crippen LogP contribution in [0.4, 0.5) is 21.8 Å². The van der Waals surface area contributed by atoms with Crippen LogP contribution in [0.25, 0.3) is 11.1 Å². The highest BCUT2D eigenvalue weighted by atomic mass is 35.5. The molecular weight excluding hydrogens is 445 g/mol. The molecule has 0 unspecified atom stereocenters. The number of hydrogen-bond acceptors (Lipinski definition) is 7. The number of esters is 1. The zero-order valence-corrected chi connectivity index (χ0v) is 19.1. The van der Waals surface area contributed by atoms with Crippen molar-refractivity contribution in [1.29, 1.82) is 0 Å². The number of aromatic nitrogens is 3. The number of ether oxygens (including phenoxy) is 1. The van der Waals surface area contributed by atoms with Gasteiger partial charge in [0, 0.05) is 48.5 Å². The van der Waals surface area contributed by atoms with E-state index in [1.165, 1.54) is 31.2 Å². The molecule has 0 spiro atoms. The van der Waals surface area contributed by atoms with Gasteiger partial charge >= 0.3 is 5.97 Å². The smallest absolute Gasteiger partial charge is 0.339 e. The van der Waals surface area contributed by atoms with Gasteiger partial charge in [-0.15, -0.1) is 0 Å². The molecule has 172 valence electrons. The number of hydrogen-bond donors (Lipinski definition) is 1. The first kappa shape index (κ1) is 22.9. The maximum absolute atomic E-state index is 13.5. The number of pyridine rings is 1. The minimum absolute atomic E-state index is 0.0196. The molecule has 1 aliphatic rings. The van der Waals surface area contributed by atoms with Crippen LogP contribution in [-0.2, 0) is 4.74 Å². The summed E-state index contributed by atoms with van der Waals surface area (Å²) in [5.41, 5.74) is 2.47. The molecule has 0 saturated carbocycles. The lowest BCUT2D eigenvalue weighted by atomic mass is 10.1. The minimum Gasteiger partial charge on any atom is -0.462 e. The first-order valence-electron chi connectivity index (χ1n) is 11.0. The second-order valence-electron chi connectivity index (χ2n) is 7.77. The molecule has 4 rings (SSSR count). The lowest BCUT2D eigenvalue weighted by molar-refractivity contribution is 0.0526. The van der Waals surface area contributed by atoms with Crippen molar-refractivity contribution in [2.45, 2.75) is 32.6 Å². The Morgan fingerprint density at radius 1 is 1.15 bits per heavy atom. The summed E-state index contributed by atoms with van der Waals surface area (Å²) in [5.74, 6) is 0.217. The van der Waals surface area contributed by atoms with E-state index in [0.717, 1.165) is 42.9 Å². The van der Waals surface area contributed by atoms with Gasteiger partial charge in [-0.25, -0.2) is 14.2 Å². The van der Waals surface area contributed by atoms with Gasteiger partial charge in [0.25, 0.3) is 0 Å². The normalized spacial score (nSPS) is 14.0. The molecule has 3 heterocycles. The van der Waals surface area contributed by atoms with E-state index in [1.807, 2.05) is 0 Å². The Bertz CT molecular complexity index is 1140. The number of nitrogens with one attached hydrogen (secondary N) is 1. The van der Waals surface area contributed by atoms with Crippen molar-refractivity contribution in [3.8, 4) is 11.1 Å². The molecule has 1 N–H and O–H groups in total. The van der Waals surface area contributed by atoms with Crippen LogP contribution >= 0.6 is 11.6 Å². The van der Waals surface area contributed by atoms with Crippen molar-refractivity contribution in [1.82, 2.24) is 15.0 Å². The van der Waals surface area contributed by atoms with Crippen LogP contribution in [0.2, 0.25) is 5.02 Å². The van der Waals surface area contributed by atoms with E-state index in [0.29, 0.717) is 23.8 Å². The Morgan fingerprint density at radius 3 is 2.67 bits per heavy atom. The predicted molar refractivity (Wildman–Crippen MR) is 127 cm³/mol. The molecule has 0 amide bonds. The summed E-state index contributed by atoms with van der Waals surface area (Å²) >= 11 is 5.91. The third kappa shape index (κ3) is 5.57. The molecule has 0 atom stereocenters. The maximum atomic E-state index is 13.5.